The maximum absolute atomic E-state index is 9.14. The molecule has 0 aliphatic carbocycles. The van der Waals surface area contributed by atoms with Crippen LogP contribution in [0.5, 0.6) is 0 Å². The van der Waals surface area contributed by atoms with Gasteiger partial charge < -0.3 is 44.8 Å². The van der Waals surface area contributed by atoms with Gasteiger partial charge in [-0.05, 0) is 0 Å². The first-order chi connectivity index (χ1) is 10.1. The molecule has 0 aromatic carbocycles. The first-order valence-corrected chi connectivity index (χ1v) is 6.67. The number of hydrogen-bond acceptors (Lipinski definition) is 9. The van der Waals surface area contributed by atoms with E-state index in [0.717, 1.165) is 0 Å². The van der Waals surface area contributed by atoms with Crippen LogP contribution in [-0.4, -0.2) is 108 Å². The number of aliphatic hydroxyl groups is 6. The van der Waals surface area contributed by atoms with Crippen LogP contribution in [0.25, 0.3) is 0 Å². The zero-order chi connectivity index (χ0) is 16.1. The van der Waals surface area contributed by atoms with E-state index in [9.17, 15) is 0 Å². The zero-order valence-corrected chi connectivity index (χ0v) is 11.9. The molecule has 2 unspecified atom stereocenters. The molecule has 6 N–H and O–H groups in total. The van der Waals surface area contributed by atoms with Crippen molar-refractivity contribution < 1.29 is 44.8 Å². The highest BCUT2D eigenvalue weighted by Gasteiger charge is 2.17. The molecular weight excluding hydrogens is 288 g/mol. The standard InChI is InChI=1S/C12H26O9/c13-1-9(17)5-19-7-12(21-11(3-15)4-16)8-20-6-10(18)2-14/h9-18H,1-8H2. The van der Waals surface area contributed by atoms with E-state index in [0.29, 0.717) is 0 Å². The second kappa shape index (κ2) is 13.3. The van der Waals surface area contributed by atoms with Gasteiger partial charge in [0.2, 0.25) is 0 Å². The summed E-state index contributed by atoms with van der Waals surface area (Å²) in [6.07, 6.45) is -3.46. The molecule has 0 amide bonds. The van der Waals surface area contributed by atoms with E-state index in [1.807, 2.05) is 0 Å². The van der Waals surface area contributed by atoms with Gasteiger partial charge in [0.05, 0.1) is 52.9 Å². The summed E-state index contributed by atoms with van der Waals surface area (Å²) >= 11 is 0. The Morgan fingerprint density at radius 2 is 1.00 bits per heavy atom. The van der Waals surface area contributed by atoms with Gasteiger partial charge >= 0.3 is 0 Å². The fourth-order valence-corrected chi connectivity index (χ4v) is 1.32. The first kappa shape index (κ1) is 20.6. The predicted molar refractivity (Wildman–Crippen MR) is 70.7 cm³/mol. The molecule has 0 aliphatic heterocycles. The van der Waals surface area contributed by atoms with Crippen LogP contribution in [0.15, 0.2) is 0 Å². The molecule has 0 saturated carbocycles. The molecule has 21 heavy (non-hydrogen) atoms. The summed E-state index contributed by atoms with van der Waals surface area (Å²) in [6, 6.07) is 0. The average molecular weight is 314 g/mol. The Bertz CT molecular complexity index is 209. The smallest absolute Gasteiger partial charge is 0.105 e. The molecule has 0 aromatic heterocycles. The second-order valence-corrected chi connectivity index (χ2v) is 4.49. The van der Waals surface area contributed by atoms with E-state index in [-0.39, 0.29) is 39.6 Å². The van der Waals surface area contributed by atoms with Crippen molar-refractivity contribution in [2.24, 2.45) is 0 Å². The summed E-state index contributed by atoms with van der Waals surface area (Å²) in [5.74, 6) is 0. The maximum atomic E-state index is 9.14. The molecule has 2 atom stereocenters. The van der Waals surface area contributed by atoms with Gasteiger partial charge in [-0.15, -0.1) is 0 Å². The molecule has 0 radical (unpaired) electrons. The van der Waals surface area contributed by atoms with Gasteiger partial charge in [0.25, 0.3) is 0 Å². The Hall–Kier alpha value is -0.360. The van der Waals surface area contributed by atoms with Crippen LogP contribution in [-0.2, 0) is 14.2 Å². The van der Waals surface area contributed by atoms with Crippen LogP contribution in [0.1, 0.15) is 0 Å². The monoisotopic (exact) mass is 314 g/mol. The van der Waals surface area contributed by atoms with Crippen LogP contribution < -0.4 is 0 Å². The molecule has 0 spiro atoms. The van der Waals surface area contributed by atoms with Crippen LogP contribution >= 0.6 is 0 Å². The molecule has 0 aromatic rings. The lowest BCUT2D eigenvalue weighted by molar-refractivity contribution is -0.128. The minimum Gasteiger partial charge on any atom is -0.394 e. The molecular formula is C12H26O9. The van der Waals surface area contributed by atoms with Gasteiger partial charge in [-0.1, -0.05) is 0 Å². The van der Waals surface area contributed by atoms with Crippen molar-refractivity contribution in [3.8, 4) is 0 Å². The molecule has 9 heteroatoms. The van der Waals surface area contributed by atoms with Crippen molar-refractivity contribution >= 4 is 0 Å². The highest BCUT2D eigenvalue weighted by molar-refractivity contribution is 4.63. The van der Waals surface area contributed by atoms with Crippen molar-refractivity contribution in [3.63, 3.8) is 0 Å². The lowest BCUT2D eigenvalue weighted by atomic mass is 10.3. The quantitative estimate of drug-likeness (QED) is 0.192. The average Bonchev–Trinajstić information content (AvgIpc) is 2.51. The maximum Gasteiger partial charge on any atom is 0.105 e. The summed E-state index contributed by atoms with van der Waals surface area (Å²) in [5, 5.41) is 53.5. The Kier molecular flexibility index (Phi) is 13.1. The summed E-state index contributed by atoms with van der Waals surface area (Å²) in [4.78, 5) is 0. The van der Waals surface area contributed by atoms with Crippen LogP contribution in [0, 0.1) is 0 Å². The molecule has 0 saturated heterocycles. The van der Waals surface area contributed by atoms with Gasteiger partial charge in [0, 0.05) is 0 Å². The van der Waals surface area contributed by atoms with Crippen molar-refractivity contribution in [2.75, 3.05) is 52.9 Å². The largest absolute Gasteiger partial charge is 0.394 e. The van der Waals surface area contributed by atoms with E-state index in [1.54, 1.807) is 0 Å². The van der Waals surface area contributed by atoms with Gasteiger partial charge in [0.15, 0.2) is 0 Å². The van der Waals surface area contributed by atoms with E-state index in [4.69, 9.17) is 44.8 Å². The third-order valence-electron chi connectivity index (χ3n) is 2.44. The minimum atomic E-state index is -1.01. The summed E-state index contributed by atoms with van der Waals surface area (Å²) in [7, 11) is 0. The molecule has 0 bridgehead atoms. The first-order valence-electron chi connectivity index (χ1n) is 6.67. The predicted octanol–water partition coefficient (Wildman–Crippen LogP) is -3.54. The van der Waals surface area contributed by atoms with Crippen molar-refractivity contribution in [2.45, 2.75) is 24.4 Å². The third-order valence-corrected chi connectivity index (χ3v) is 2.44. The highest BCUT2D eigenvalue weighted by Crippen LogP contribution is 2.02. The highest BCUT2D eigenvalue weighted by atomic mass is 16.6. The van der Waals surface area contributed by atoms with Gasteiger partial charge in [-0.2, -0.15) is 0 Å². The fraction of sp³-hybridized carbons (Fsp3) is 1.00. The number of ether oxygens (including phenoxy) is 3. The van der Waals surface area contributed by atoms with Gasteiger partial charge in [0.1, 0.15) is 24.4 Å². The van der Waals surface area contributed by atoms with Crippen LogP contribution in [0.4, 0.5) is 0 Å². The number of rotatable bonds is 14. The Morgan fingerprint density at radius 3 is 1.33 bits per heavy atom. The Labute approximate surface area is 123 Å². The fourth-order valence-electron chi connectivity index (χ4n) is 1.32. The van der Waals surface area contributed by atoms with E-state index >= 15 is 0 Å². The molecule has 0 aliphatic rings. The Balaban J connectivity index is 4.13. The molecule has 9 nitrogen and oxygen atoms in total. The van der Waals surface area contributed by atoms with Crippen molar-refractivity contribution in [3.05, 3.63) is 0 Å². The molecule has 128 valence electrons. The topological polar surface area (TPSA) is 149 Å². The molecule has 0 rings (SSSR count). The van der Waals surface area contributed by atoms with Crippen molar-refractivity contribution in [1.29, 1.82) is 0 Å². The van der Waals surface area contributed by atoms with Crippen molar-refractivity contribution in [1.82, 2.24) is 0 Å². The van der Waals surface area contributed by atoms with Crippen LogP contribution in [0.2, 0.25) is 0 Å². The zero-order valence-electron chi connectivity index (χ0n) is 11.9. The summed E-state index contributed by atoms with van der Waals surface area (Å²) in [5.41, 5.74) is 0. The number of hydrogen-bond donors (Lipinski definition) is 6. The molecule has 0 fully saturated rings. The third kappa shape index (κ3) is 10.9. The van der Waals surface area contributed by atoms with Gasteiger partial charge in [-0.25, -0.2) is 0 Å². The number of aliphatic hydroxyl groups excluding tert-OH is 6. The minimum absolute atomic E-state index is 0.00276. The normalized spacial score (nSPS) is 16.1. The van der Waals surface area contributed by atoms with Gasteiger partial charge in [-0.3, -0.25) is 0 Å². The van der Waals surface area contributed by atoms with E-state index in [2.05, 4.69) is 0 Å². The summed E-state index contributed by atoms with van der Waals surface area (Å²) in [6.45, 7) is -1.82. The molecule has 0 heterocycles. The van der Waals surface area contributed by atoms with E-state index in [1.165, 1.54) is 0 Å². The summed E-state index contributed by atoms with van der Waals surface area (Å²) < 4.78 is 15.6. The van der Waals surface area contributed by atoms with E-state index < -0.39 is 37.6 Å². The van der Waals surface area contributed by atoms with Crippen LogP contribution in [0.3, 0.4) is 0 Å². The lowest BCUT2D eigenvalue weighted by Gasteiger charge is -2.23. The SMILES string of the molecule is OCC(O)COCC(COCC(O)CO)OC(CO)CO. The lowest BCUT2D eigenvalue weighted by Crippen LogP contribution is -2.36. The second-order valence-electron chi connectivity index (χ2n) is 4.49. The Morgan fingerprint density at radius 1 is 0.571 bits per heavy atom.